The maximum atomic E-state index is 8.85. The quantitative estimate of drug-likeness (QED) is 0.313. The van der Waals surface area contributed by atoms with Crippen molar-refractivity contribution in [3.63, 3.8) is 0 Å². The number of rotatable bonds is 0. The molecule has 14 heavy (non-hydrogen) atoms. The minimum absolute atomic E-state index is 0.0417. The Balaban J connectivity index is 0.000000292. The van der Waals surface area contributed by atoms with Crippen LogP contribution in [0.25, 0.3) is 0 Å². The average molecular weight is 288 g/mol. The Bertz CT molecular complexity index is 345. The van der Waals surface area contributed by atoms with Crippen LogP contribution in [0.15, 0.2) is 0 Å². The number of anilines is 3. The Labute approximate surface area is 81.5 Å². The molecule has 80 valence electrons. The van der Waals surface area contributed by atoms with Crippen molar-refractivity contribution < 1.29 is 31.1 Å². The van der Waals surface area contributed by atoms with Crippen LogP contribution in [-0.2, 0) is 23.5 Å². The van der Waals surface area contributed by atoms with Crippen LogP contribution >= 0.6 is 0 Å². The van der Waals surface area contributed by atoms with Gasteiger partial charge in [0.1, 0.15) is 0 Å². The summed E-state index contributed by atoms with van der Waals surface area (Å²) in [6.07, 6.45) is 0. The fourth-order valence-electron chi connectivity index (χ4n) is 0.427. The third-order valence-corrected chi connectivity index (χ3v) is 0.687. The van der Waals surface area contributed by atoms with E-state index < -0.39 is 16.7 Å². The molecule has 0 bridgehead atoms. The van der Waals surface area contributed by atoms with E-state index in [2.05, 4.69) is 15.0 Å². The topological polar surface area (TPSA) is 191 Å². The van der Waals surface area contributed by atoms with E-state index in [-0.39, 0.29) is 17.8 Å². The van der Waals surface area contributed by atoms with Crippen LogP contribution < -0.4 is 17.2 Å². The molecule has 10 nitrogen and oxygen atoms in total. The van der Waals surface area contributed by atoms with Crippen LogP contribution in [0, 0.1) is 0 Å². The summed E-state index contributed by atoms with van der Waals surface area (Å²) in [4.78, 5) is 10.5. The van der Waals surface area contributed by atoms with E-state index in [1.54, 1.807) is 0 Å². The first-order valence-corrected chi connectivity index (χ1v) is 6.34. The normalized spacial score (nSPS) is 10.1. The second-order valence-corrected chi connectivity index (χ2v) is 4.06. The second kappa shape index (κ2) is 4.74. The van der Waals surface area contributed by atoms with E-state index in [1.165, 1.54) is 0 Å². The molecule has 1 aromatic rings. The van der Waals surface area contributed by atoms with Gasteiger partial charge in [0, 0.05) is 0 Å². The van der Waals surface area contributed by atoms with Crippen molar-refractivity contribution in [3.05, 3.63) is 0 Å². The molecule has 0 aliphatic carbocycles. The van der Waals surface area contributed by atoms with Crippen molar-refractivity contribution in [3.8, 4) is 0 Å². The third-order valence-electron chi connectivity index (χ3n) is 0.687. The molecule has 11 heteroatoms. The number of nitrogens with zero attached hydrogens (tertiary/aromatic N) is 3. The van der Waals surface area contributed by atoms with E-state index in [0.29, 0.717) is 0 Å². The van der Waals surface area contributed by atoms with Gasteiger partial charge >= 0.3 is 31.1 Å². The molecule has 0 spiro atoms. The van der Waals surface area contributed by atoms with Crippen molar-refractivity contribution in [2.24, 2.45) is 0 Å². The fourth-order valence-corrected chi connectivity index (χ4v) is 0.427. The zero-order chi connectivity index (χ0) is 11.4. The molecule has 1 rings (SSSR count). The molecule has 0 saturated carbocycles. The molecule has 1 heterocycles. The van der Waals surface area contributed by atoms with E-state index >= 15 is 0 Å². The predicted molar refractivity (Wildman–Crippen MR) is 38.9 cm³/mol. The van der Waals surface area contributed by atoms with Gasteiger partial charge in [-0.15, -0.1) is 0 Å². The molecular weight excluding hydrogens is 280 g/mol. The molecule has 0 radical (unpaired) electrons. The monoisotopic (exact) mass is 290 g/mol. The zero-order valence-corrected chi connectivity index (χ0v) is 8.70. The Morgan fingerprint density at radius 3 is 1.14 bits per heavy atom. The summed E-state index contributed by atoms with van der Waals surface area (Å²) in [5.41, 5.74) is 15.4. The van der Waals surface area contributed by atoms with Gasteiger partial charge in [-0.1, -0.05) is 0 Å². The Morgan fingerprint density at radius 2 is 1.00 bits per heavy atom. The maximum absolute atomic E-state index is 8.85. The van der Waals surface area contributed by atoms with E-state index in [0.717, 1.165) is 0 Å². The van der Waals surface area contributed by atoms with Crippen LogP contribution in [0.1, 0.15) is 0 Å². The van der Waals surface area contributed by atoms with Crippen LogP contribution in [0.4, 0.5) is 17.8 Å². The van der Waals surface area contributed by atoms with Crippen molar-refractivity contribution in [2.75, 3.05) is 17.2 Å². The van der Waals surface area contributed by atoms with Gasteiger partial charge in [-0.2, -0.15) is 15.0 Å². The van der Waals surface area contributed by atoms with E-state index in [9.17, 15) is 0 Å². The summed E-state index contributed by atoms with van der Waals surface area (Å²) < 4.78 is 32.0. The van der Waals surface area contributed by atoms with Gasteiger partial charge in [0.2, 0.25) is 17.8 Å². The molecule has 0 fully saturated rings. The standard InChI is InChI=1S/C3H6N6.Mo.2H2O.2O/c4-1-7-2(5)9-3(6)8-1;;;;;/h(H6,4,5,6,7,8,9);;2*1H2;;/q;+2;;;;/p-2. The number of nitrogens with two attached hydrogens (primary N) is 3. The number of hydrogen-bond donors (Lipinski definition) is 5. The Hall–Kier alpha value is -1.38. The summed E-state index contributed by atoms with van der Waals surface area (Å²) in [6.45, 7) is 0. The van der Waals surface area contributed by atoms with Crippen molar-refractivity contribution in [1.82, 2.24) is 15.0 Å². The molecule has 0 aliphatic rings. The van der Waals surface area contributed by atoms with E-state index in [4.69, 9.17) is 31.5 Å². The first kappa shape index (κ1) is 12.6. The molecule has 1 aromatic heterocycles. The van der Waals surface area contributed by atoms with Crippen molar-refractivity contribution in [2.45, 2.75) is 0 Å². The Morgan fingerprint density at radius 1 is 0.857 bits per heavy atom. The average Bonchev–Trinajstić information content (AvgIpc) is 1.77. The van der Waals surface area contributed by atoms with Gasteiger partial charge < -0.3 is 17.2 Å². The van der Waals surface area contributed by atoms with E-state index in [1.807, 2.05) is 0 Å². The van der Waals surface area contributed by atoms with Crippen LogP contribution in [-0.4, -0.2) is 22.5 Å². The van der Waals surface area contributed by atoms with Gasteiger partial charge in [-0.3, -0.25) is 0 Å². The van der Waals surface area contributed by atoms with Gasteiger partial charge in [0.25, 0.3) is 0 Å². The van der Waals surface area contributed by atoms with Gasteiger partial charge in [-0.05, 0) is 0 Å². The predicted octanol–water partition coefficient (Wildman–Crippen LogP) is -2.74. The molecule has 0 amide bonds. The SMILES string of the molecule is Nc1nc(N)nc(N)n1.[O]=[Mo](=[O])([OH])[OH]. The second-order valence-electron chi connectivity index (χ2n) is 1.86. The number of aromatic nitrogens is 3. The minimum atomic E-state index is -5.52. The van der Waals surface area contributed by atoms with Gasteiger partial charge in [-0.25, -0.2) is 0 Å². The first-order chi connectivity index (χ1) is 6.18. The summed E-state index contributed by atoms with van der Waals surface area (Å²) in [6, 6.07) is 0. The number of nitrogen functional groups attached to an aromatic ring is 3. The molecule has 8 N–H and O–H groups in total. The molecule has 0 aromatic carbocycles. The third kappa shape index (κ3) is 8.71. The first-order valence-electron chi connectivity index (χ1n) is 2.91. The molecule has 0 unspecified atom stereocenters. The summed E-state index contributed by atoms with van der Waals surface area (Å²) >= 11 is -5.52. The van der Waals surface area contributed by atoms with Crippen LogP contribution in [0.3, 0.4) is 0 Å². The summed E-state index contributed by atoms with van der Waals surface area (Å²) in [5.74, 6) is 0.125. The zero-order valence-electron chi connectivity index (χ0n) is 6.69. The van der Waals surface area contributed by atoms with Crippen molar-refractivity contribution >= 4 is 17.8 Å². The van der Waals surface area contributed by atoms with Gasteiger partial charge in [0.05, 0.1) is 0 Å². The molecule has 0 aliphatic heterocycles. The molecular formula is C3H8MoN6O4. The Kier molecular flexibility index (Phi) is 4.28. The fraction of sp³-hybridized carbons (Fsp3) is 0. The van der Waals surface area contributed by atoms with Gasteiger partial charge in [0.15, 0.2) is 0 Å². The van der Waals surface area contributed by atoms with Crippen molar-refractivity contribution in [1.29, 1.82) is 0 Å². The van der Waals surface area contributed by atoms with Crippen LogP contribution in [0.2, 0.25) is 0 Å². The summed E-state index contributed by atoms with van der Waals surface area (Å²) in [7, 11) is 0. The molecule has 0 saturated heterocycles. The number of hydrogen-bond acceptors (Lipinski definition) is 8. The summed E-state index contributed by atoms with van der Waals surface area (Å²) in [5, 5.41) is 0. The molecule has 0 atom stereocenters. The van der Waals surface area contributed by atoms with Crippen LogP contribution in [0.5, 0.6) is 0 Å².